The van der Waals surface area contributed by atoms with Crippen molar-refractivity contribution in [3.05, 3.63) is 16.1 Å². The Labute approximate surface area is 185 Å². The molecule has 3 amide bonds. The maximum atomic E-state index is 13.0. The molecule has 0 unspecified atom stereocenters. The summed E-state index contributed by atoms with van der Waals surface area (Å²) in [5.74, 6) is -1.10. The molecule has 1 aromatic heterocycles. The molecule has 0 radical (unpaired) electrons. The van der Waals surface area contributed by atoms with Crippen LogP contribution >= 0.6 is 15.9 Å². The van der Waals surface area contributed by atoms with E-state index in [9.17, 15) is 14.4 Å². The number of hydrogen-bond donors (Lipinski definition) is 2. The van der Waals surface area contributed by atoms with Gasteiger partial charge in [-0.25, -0.2) is 9.78 Å². The molecule has 0 saturated heterocycles. The van der Waals surface area contributed by atoms with Crippen LogP contribution in [-0.4, -0.2) is 50.5 Å². The second-order valence-corrected chi connectivity index (χ2v) is 10.5. The Morgan fingerprint density at radius 2 is 1.83 bits per heavy atom. The van der Waals surface area contributed by atoms with Crippen LogP contribution in [0.4, 0.5) is 4.79 Å². The van der Waals surface area contributed by atoms with Crippen LogP contribution in [0, 0.1) is 5.41 Å². The highest BCUT2D eigenvalue weighted by Gasteiger charge is 2.32. The number of halogens is 1. The van der Waals surface area contributed by atoms with Crippen molar-refractivity contribution in [1.82, 2.24) is 19.8 Å². The molecule has 9 nitrogen and oxygen atoms in total. The maximum absolute atomic E-state index is 13.0. The predicted molar refractivity (Wildman–Crippen MR) is 116 cm³/mol. The minimum Gasteiger partial charge on any atom is -0.444 e. The number of primary amides is 1. The summed E-state index contributed by atoms with van der Waals surface area (Å²) in [6.07, 6.45) is 0.647. The van der Waals surface area contributed by atoms with Gasteiger partial charge in [-0.15, -0.1) is 0 Å². The van der Waals surface area contributed by atoms with Gasteiger partial charge >= 0.3 is 6.09 Å². The summed E-state index contributed by atoms with van der Waals surface area (Å²) in [4.78, 5) is 43.4. The topological polar surface area (TPSA) is 120 Å². The molecule has 1 aliphatic heterocycles. The van der Waals surface area contributed by atoms with E-state index in [4.69, 9.17) is 10.5 Å². The molecule has 1 aliphatic rings. The number of amides is 3. The van der Waals surface area contributed by atoms with Crippen molar-refractivity contribution < 1.29 is 19.1 Å². The molecular formula is C20H32BrN5O4. The molecule has 0 saturated carbocycles. The number of nitrogens with two attached hydrogens (primary N) is 1. The van der Waals surface area contributed by atoms with E-state index in [1.165, 1.54) is 0 Å². The Morgan fingerprint density at radius 3 is 2.37 bits per heavy atom. The molecule has 1 atom stereocenters. The largest absolute Gasteiger partial charge is 0.444 e. The van der Waals surface area contributed by atoms with Gasteiger partial charge in [0.1, 0.15) is 11.6 Å². The van der Waals surface area contributed by atoms with E-state index in [0.717, 1.165) is 0 Å². The number of hydrogen-bond acceptors (Lipinski definition) is 5. The van der Waals surface area contributed by atoms with Gasteiger partial charge in [0.2, 0.25) is 5.91 Å². The zero-order chi connectivity index (χ0) is 22.9. The quantitative estimate of drug-likeness (QED) is 0.679. The highest BCUT2D eigenvalue weighted by atomic mass is 79.9. The Kier molecular flexibility index (Phi) is 7.21. The molecule has 30 heavy (non-hydrogen) atoms. The number of carbonyl (C=O) groups is 3. The SMILES string of the molecule is CC(C)(C)C[C@H](NC(=O)c1nc(Br)n2c1CN(C(=O)OC(C)(C)C)CCC2)C(N)=O. The van der Waals surface area contributed by atoms with E-state index >= 15 is 0 Å². The average molecular weight is 486 g/mol. The third kappa shape index (κ3) is 6.45. The molecule has 2 rings (SSSR count). The Morgan fingerprint density at radius 1 is 1.20 bits per heavy atom. The third-order valence-corrected chi connectivity index (χ3v) is 5.11. The summed E-state index contributed by atoms with van der Waals surface area (Å²) in [7, 11) is 0. The van der Waals surface area contributed by atoms with Crippen LogP contribution in [0.5, 0.6) is 0 Å². The Balaban J connectivity index is 2.28. The lowest BCUT2D eigenvalue weighted by atomic mass is 9.88. The van der Waals surface area contributed by atoms with Crippen LogP contribution in [0.1, 0.15) is 70.6 Å². The lowest BCUT2D eigenvalue weighted by Gasteiger charge is -2.26. The van der Waals surface area contributed by atoms with Gasteiger partial charge in [-0.3, -0.25) is 9.59 Å². The summed E-state index contributed by atoms with van der Waals surface area (Å²) in [5, 5.41) is 2.71. The second kappa shape index (κ2) is 8.95. The van der Waals surface area contributed by atoms with Crippen LogP contribution in [-0.2, 0) is 22.6 Å². The molecular weight excluding hydrogens is 454 g/mol. The van der Waals surface area contributed by atoms with Gasteiger partial charge in [-0.2, -0.15) is 0 Å². The van der Waals surface area contributed by atoms with Crippen LogP contribution in [0.2, 0.25) is 0 Å². The van der Waals surface area contributed by atoms with Gasteiger partial charge in [0.25, 0.3) is 5.91 Å². The number of fused-ring (bicyclic) bond motifs is 1. The number of carbonyl (C=O) groups excluding carboxylic acids is 3. The lowest BCUT2D eigenvalue weighted by molar-refractivity contribution is -0.120. The third-order valence-electron chi connectivity index (χ3n) is 4.51. The summed E-state index contributed by atoms with van der Waals surface area (Å²) in [6.45, 7) is 12.6. The summed E-state index contributed by atoms with van der Waals surface area (Å²) >= 11 is 3.40. The molecule has 0 bridgehead atoms. The minimum atomic E-state index is -0.818. The minimum absolute atomic E-state index is 0.164. The molecule has 3 N–H and O–H groups in total. The molecule has 0 spiro atoms. The number of aromatic nitrogens is 2. The van der Waals surface area contributed by atoms with E-state index in [1.54, 1.807) is 4.90 Å². The van der Waals surface area contributed by atoms with Gasteiger partial charge in [-0.05, 0) is 55.0 Å². The lowest BCUT2D eigenvalue weighted by Crippen LogP contribution is -2.46. The Bertz CT molecular complexity index is 822. The van der Waals surface area contributed by atoms with Crippen molar-refractivity contribution in [1.29, 1.82) is 0 Å². The monoisotopic (exact) mass is 485 g/mol. The van der Waals surface area contributed by atoms with Crippen molar-refractivity contribution >= 4 is 33.8 Å². The number of ether oxygens (including phenoxy) is 1. The van der Waals surface area contributed by atoms with Crippen molar-refractivity contribution in [2.75, 3.05) is 6.54 Å². The average Bonchev–Trinajstić information content (AvgIpc) is 2.75. The number of nitrogens with zero attached hydrogens (tertiary/aromatic N) is 3. The summed E-state index contributed by atoms with van der Waals surface area (Å²) < 4.78 is 7.85. The Hall–Kier alpha value is -2.10. The molecule has 0 aliphatic carbocycles. The molecule has 2 heterocycles. The highest BCUT2D eigenvalue weighted by Crippen LogP contribution is 2.25. The molecule has 1 aromatic rings. The fraction of sp³-hybridized carbons (Fsp3) is 0.700. The second-order valence-electron chi connectivity index (χ2n) is 9.78. The van der Waals surface area contributed by atoms with Crippen LogP contribution in [0.3, 0.4) is 0 Å². The predicted octanol–water partition coefficient (Wildman–Crippen LogP) is 2.81. The normalized spacial score (nSPS) is 15.8. The van der Waals surface area contributed by atoms with Crippen molar-refractivity contribution in [3.8, 4) is 0 Å². The zero-order valence-corrected chi connectivity index (χ0v) is 20.1. The van der Waals surface area contributed by atoms with Gasteiger partial charge in [0.15, 0.2) is 10.4 Å². The fourth-order valence-corrected chi connectivity index (χ4v) is 3.82. The van der Waals surface area contributed by atoms with E-state index < -0.39 is 29.6 Å². The maximum Gasteiger partial charge on any atom is 0.410 e. The van der Waals surface area contributed by atoms with Crippen molar-refractivity contribution in [2.45, 2.75) is 79.1 Å². The van der Waals surface area contributed by atoms with E-state index in [2.05, 4.69) is 26.2 Å². The summed E-state index contributed by atoms with van der Waals surface area (Å²) in [5.41, 5.74) is 5.43. The molecule has 168 valence electrons. The number of imidazole rings is 1. The fourth-order valence-electron chi connectivity index (χ4n) is 3.25. The van der Waals surface area contributed by atoms with Gasteiger partial charge in [0.05, 0.1) is 12.2 Å². The van der Waals surface area contributed by atoms with Crippen molar-refractivity contribution in [2.24, 2.45) is 11.1 Å². The van der Waals surface area contributed by atoms with E-state index in [-0.39, 0.29) is 17.7 Å². The van der Waals surface area contributed by atoms with Gasteiger partial charge in [0, 0.05) is 13.1 Å². The molecule has 0 aromatic carbocycles. The number of nitrogens with one attached hydrogen (secondary N) is 1. The van der Waals surface area contributed by atoms with E-state index in [0.29, 0.717) is 36.4 Å². The molecule has 0 fully saturated rings. The van der Waals surface area contributed by atoms with Gasteiger partial charge < -0.3 is 25.3 Å². The first-order chi connectivity index (χ1) is 13.7. The van der Waals surface area contributed by atoms with Crippen molar-refractivity contribution in [3.63, 3.8) is 0 Å². The van der Waals surface area contributed by atoms with Crippen LogP contribution < -0.4 is 11.1 Å². The van der Waals surface area contributed by atoms with Gasteiger partial charge in [-0.1, -0.05) is 20.8 Å². The van der Waals surface area contributed by atoms with E-state index in [1.807, 2.05) is 46.1 Å². The highest BCUT2D eigenvalue weighted by molar-refractivity contribution is 9.10. The zero-order valence-electron chi connectivity index (χ0n) is 18.5. The van der Waals surface area contributed by atoms with Crippen LogP contribution in [0.15, 0.2) is 4.73 Å². The first-order valence-electron chi connectivity index (χ1n) is 10.0. The van der Waals surface area contributed by atoms with Crippen LogP contribution in [0.25, 0.3) is 0 Å². The summed E-state index contributed by atoms with van der Waals surface area (Å²) in [6, 6.07) is -0.818. The number of rotatable bonds is 4. The smallest absolute Gasteiger partial charge is 0.410 e. The first kappa shape index (κ1) is 24.2. The molecule has 10 heteroatoms. The standard InChI is InChI=1S/C20H32BrN5O4/c1-19(2,3)10-12(15(22)27)23-16(28)14-13-11-25(18(29)30-20(4,5)6)8-7-9-26(13)17(21)24-14/h12H,7-11H2,1-6H3,(H2,22,27)(H,23,28)/t12-/m0/s1. The first-order valence-corrected chi connectivity index (χ1v) is 10.8.